The molecule has 0 spiro atoms. The summed E-state index contributed by atoms with van der Waals surface area (Å²) in [5, 5.41) is 0. The molecule has 1 amide bonds. The van der Waals surface area contributed by atoms with E-state index < -0.39 is 43.2 Å². The largest absolute Gasteiger partial charge is 0.404 e. The van der Waals surface area contributed by atoms with Crippen molar-refractivity contribution >= 4 is 5.91 Å². The molecule has 0 aromatic rings. The van der Waals surface area contributed by atoms with E-state index in [1.165, 1.54) is 7.11 Å². The highest BCUT2D eigenvalue weighted by molar-refractivity contribution is 5.76. The van der Waals surface area contributed by atoms with Crippen molar-refractivity contribution in [3.8, 4) is 0 Å². The van der Waals surface area contributed by atoms with Crippen molar-refractivity contribution in [1.29, 1.82) is 0 Å². The molecule has 0 N–H and O–H groups in total. The molecular weight excluding hydrogens is 292 g/mol. The van der Waals surface area contributed by atoms with E-state index in [1.54, 1.807) is 0 Å². The number of hydrogen-bond acceptors (Lipinski definition) is 2. The van der Waals surface area contributed by atoms with Gasteiger partial charge in [0.15, 0.2) is 5.41 Å². The maximum atomic E-state index is 12.8. The Bertz CT molecular complexity index is 338. The van der Waals surface area contributed by atoms with Crippen LogP contribution in [0.3, 0.4) is 0 Å². The number of carbonyl (C=O) groups excluding carboxylic acids is 1. The Kier molecular flexibility index (Phi) is 4.94. The Morgan fingerprint density at radius 2 is 1.75 bits per heavy atom. The summed E-state index contributed by atoms with van der Waals surface area (Å²) in [6.45, 7) is -1.67. The minimum absolute atomic E-state index is 0.125. The van der Waals surface area contributed by atoms with Crippen LogP contribution in [0.1, 0.15) is 19.3 Å². The molecule has 1 aliphatic rings. The third-order valence-electron chi connectivity index (χ3n) is 3.45. The highest BCUT2D eigenvalue weighted by Gasteiger charge is 2.72. The molecule has 20 heavy (non-hydrogen) atoms. The van der Waals surface area contributed by atoms with E-state index in [2.05, 4.69) is 4.74 Å². The molecule has 118 valence electrons. The molecule has 0 unspecified atom stereocenters. The fourth-order valence-electron chi connectivity index (χ4n) is 2.17. The Morgan fingerprint density at radius 3 is 2.15 bits per heavy atom. The Labute approximate surface area is 111 Å². The van der Waals surface area contributed by atoms with Gasteiger partial charge in [-0.15, -0.1) is 0 Å². The number of nitrogens with zero attached hydrogens (tertiary/aromatic N) is 1. The molecule has 1 aliphatic heterocycles. The summed E-state index contributed by atoms with van der Waals surface area (Å²) in [5.41, 5.74) is -3.81. The van der Waals surface area contributed by atoms with E-state index in [0.717, 1.165) is 0 Å². The smallest absolute Gasteiger partial charge is 0.385 e. The van der Waals surface area contributed by atoms with Crippen LogP contribution in [-0.4, -0.2) is 50.0 Å². The van der Waals surface area contributed by atoms with E-state index in [1.807, 2.05) is 0 Å². The van der Waals surface area contributed by atoms with Gasteiger partial charge in [-0.05, 0) is 12.8 Å². The summed E-state index contributed by atoms with van der Waals surface area (Å²) in [7, 11) is 1.39. The third-order valence-corrected chi connectivity index (χ3v) is 3.45. The molecule has 1 heterocycles. The van der Waals surface area contributed by atoms with Crippen LogP contribution < -0.4 is 0 Å². The standard InChI is InChI=1S/C11H15F6NO2/c1-20-6-2-3-8(19)18-5-4-9(7-18,10(12,13)14)11(15,16)17/h2-7H2,1H3. The number of carbonyl (C=O) groups is 1. The SMILES string of the molecule is COCCCC(=O)N1CCC(C(F)(F)F)(C(F)(F)F)C1. The molecule has 3 nitrogen and oxygen atoms in total. The van der Waals surface area contributed by atoms with Crippen molar-refractivity contribution in [1.82, 2.24) is 4.90 Å². The van der Waals surface area contributed by atoms with Crippen molar-refractivity contribution in [2.45, 2.75) is 31.6 Å². The van der Waals surface area contributed by atoms with E-state index in [0.29, 0.717) is 4.90 Å². The number of rotatable bonds is 4. The van der Waals surface area contributed by atoms with Crippen LogP contribution in [0.5, 0.6) is 0 Å². The van der Waals surface area contributed by atoms with Gasteiger partial charge in [0, 0.05) is 33.2 Å². The van der Waals surface area contributed by atoms with Crippen LogP contribution in [0.2, 0.25) is 0 Å². The molecule has 9 heteroatoms. The maximum absolute atomic E-state index is 12.8. The average Bonchev–Trinajstić information content (AvgIpc) is 2.73. The summed E-state index contributed by atoms with van der Waals surface area (Å²) in [4.78, 5) is 12.2. The number of hydrogen-bond donors (Lipinski definition) is 0. The first-order chi connectivity index (χ1) is 9.05. The number of methoxy groups -OCH3 is 1. The lowest BCUT2D eigenvalue weighted by Crippen LogP contribution is -2.52. The van der Waals surface area contributed by atoms with Gasteiger partial charge < -0.3 is 9.64 Å². The zero-order valence-corrected chi connectivity index (χ0v) is 10.8. The van der Waals surface area contributed by atoms with Gasteiger partial charge in [-0.3, -0.25) is 4.79 Å². The lowest BCUT2D eigenvalue weighted by Gasteiger charge is -2.33. The third kappa shape index (κ3) is 3.18. The molecular formula is C11H15F6NO2. The fraction of sp³-hybridized carbons (Fsp3) is 0.909. The number of alkyl halides is 6. The first-order valence-corrected chi connectivity index (χ1v) is 5.95. The lowest BCUT2D eigenvalue weighted by atomic mass is 9.85. The van der Waals surface area contributed by atoms with Crippen molar-refractivity contribution in [2.24, 2.45) is 5.41 Å². The molecule has 0 saturated carbocycles. The molecule has 1 saturated heterocycles. The first-order valence-electron chi connectivity index (χ1n) is 5.95. The van der Waals surface area contributed by atoms with Gasteiger partial charge in [-0.1, -0.05) is 0 Å². The number of likely N-dealkylation sites (tertiary alicyclic amines) is 1. The van der Waals surface area contributed by atoms with Crippen LogP contribution in [0, 0.1) is 5.41 Å². The van der Waals surface area contributed by atoms with Crippen LogP contribution in [-0.2, 0) is 9.53 Å². The number of halogens is 6. The van der Waals surface area contributed by atoms with E-state index >= 15 is 0 Å². The second-order valence-corrected chi connectivity index (χ2v) is 4.74. The predicted molar refractivity (Wildman–Crippen MR) is 56.9 cm³/mol. The molecule has 1 rings (SSSR count). The predicted octanol–water partition coefficient (Wildman–Crippen LogP) is 2.76. The molecule has 0 aliphatic carbocycles. The normalized spacial score (nSPS) is 19.4. The summed E-state index contributed by atoms with van der Waals surface area (Å²) in [6.07, 6.45) is -11.9. The molecule has 0 atom stereocenters. The monoisotopic (exact) mass is 307 g/mol. The molecule has 0 aromatic carbocycles. The van der Waals surface area contributed by atoms with Crippen LogP contribution in [0.4, 0.5) is 26.3 Å². The van der Waals surface area contributed by atoms with E-state index in [-0.39, 0.29) is 19.4 Å². The highest BCUT2D eigenvalue weighted by atomic mass is 19.4. The van der Waals surface area contributed by atoms with Gasteiger partial charge in [0.05, 0.1) is 0 Å². The van der Waals surface area contributed by atoms with Gasteiger partial charge in [0.2, 0.25) is 5.91 Å². The second-order valence-electron chi connectivity index (χ2n) is 4.74. The van der Waals surface area contributed by atoms with Gasteiger partial charge in [0.25, 0.3) is 0 Å². The lowest BCUT2D eigenvalue weighted by molar-refractivity contribution is -0.334. The molecule has 0 bridgehead atoms. The van der Waals surface area contributed by atoms with Gasteiger partial charge in [-0.25, -0.2) is 0 Å². The van der Waals surface area contributed by atoms with Crippen LogP contribution >= 0.6 is 0 Å². The molecule has 0 radical (unpaired) electrons. The first kappa shape index (κ1) is 17.1. The Morgan fingerprint density at radius 1 is 1.20 bits per heavy atom. The van der Waals surface area contributed by atoms with E-state index in [4.69, 9.17) is 0 Å². The zero-order chi connectivity index (χ0) is 15.6. The number of ether oxygens (including phenoxy) is 1. The van der Waals surface area contributed by atoms with Gasteiger partial charge in [-0.2, -0.15) is 26.3 Å². The average molecular weight is 307 g/mol. The highest BCUT2D eigenvalue weighted by Crippen LogP contribution is 2.55. The maximum Gasteiger partial charge on any atom is 0.404 e. The Hall–Kier alpha value is -0.990. The van der Waals surface area contributed by atoms with Crippen molar-refractivity contribution in [3.05, 3.63) is 0 Å². The molecule has 1 fully saturated rings. The van der Waals surface area contributed by atoms with Crippen molar-refractivity contribution in [2.75, 3.05) is 26.8 Å². The summed E-state index contributed by atoms with van der Waals surface area (Å²) in [5.74, 6) is -0.711. The van der Waals surface area contributed by atoms with Gasteiger partial charge in [0.1, 0.15) is 0 Å². The van der Waals surface area contributed by atoms with E-state index in [9.17, 15) is 31.1 Å². The zero-order valence-electron chi connectivity index (χ0n) is 10.8. The topological polar surface area (TPSA) is 29.5 Å². The van der Waals surface area contributed by atoms with Crippen LogP contribution in [0.25, 0.3) is 0 Å². The summed E-state index contributed by atoms with van der Waals surface area (Å²) < 4.78 is 81.3. The quantitative estimate of drug-likeness (QED) is 0.590. The number of amides is 1. The van der Waals surface area contributed by atoms with Gasteiger partial charge >= 0.3 is 12.4 Å². The summed E-state index contributed by atoms with van der Waals surface area (Å²) >= 11 is 0. The van der Waals surface area contributed by atoms with Crippen LogP contribution in [0.15, 0.2) is 0 Å². The molecule has 0 aromatic heterocycles. The second kappa shape index (κ2) is 5.79. The minimum Gasteiger partial charge on any atom is -0.385 e. The summed E-state index contributed by atoms with van der Waals surface area (Å²) in [6, 6.07) is 0. The van der Waals surface area contributed by atoms with Crippen molar-refractivity contribution < 1.29 is 35.9 Å². The minimum atomic E-state index is -5.42. The van der Waals surface area contributed by atoms with Crippen molar-refractivity contribution in [3.63, 3.8) is 0 Å². The fourth-order valence-corrected chi connectivity index (χ4v) is 2.17. The Balaban J connectivity index is 2.79.